The van der Waals surface area contributed by atoms with Gasteiger partial charge in [0.15, 0.2) is 0 Å². The molecule has 0 aliphatic carbocycles. The van der Waals surface area contributed by atoms with Gasteiger partial charge >= 0.3 is 0 Å². The third-order valence-electron chi connectivity index (χ3n) is 2.46. The molecule has 0 atom stereocenters. The maximum Gasteiger partial charge on any atom is 0.136 e. The number of halogens is 2. The Kier molecular flexibility index (Phi) is 5.19. The first-order valence-electron chi connectivity index (χ1n) is 5.92. The highest BCUT2D eigenvalue weighted by molar-refractivity contribution is 9.10. The monoisotopic (exact) mass is 357 g/mol. The molecule has 0 aliphatic heterocycles. The van der Waals surface area contributed by atoms with E-state index in [2.05, 4.69) is 37.8 Å². The largest absolute Gasteiger partial charge is 0.248 e. The first-order valence-corrected chi connectivity index (χ1v) is 7.91. The molecule has 0 amide bonds. The standard InChI is InChI=1S/C13H13BrClN3S/c1-3-4-10-17-12(15)8(2)13(18-10)19-11-6-5-9(14)7-16-11/h5-7H,3-4H2,1-2H3. The lowest BCUT2D eigenvalue weighted by Gasteiger charge is -2.08. The van der Waals surface area contributed by atoms with Crippen LogP contribution < -0.4 is 0 Å². The van der Waals surface area contributed by atoms with Crippen molar-refractivity contribution >= 4 is 39.3 Å². The molecule has 6 heteroatoms. The van der Waals surface area contributed by atoms with E-state index in [-0.39, 0.29) is 0 Å². The first-order chi connectivity index (χ1) is 9.10. The van der Waals surface area contributed by atoms with Crippen LogP contribution >= 0.6 is 39.3 Å². The Hall–Kier alpha value is -0.650. The Morgan fingerprint density at radius 2 is 2.11 bits per heavy atom. The topological polar surface area (TPSA) is 38.7 Å². The lowest BCUT2D eigenvalue weighted by molar-refractivity contribution is 0.801. The number of aryl methyl sites for hydroxylation is 1. The van der Waals surface area contributed by atoms with Crippen LogP contribution in [-0.2, 0) is 6.42 Å². The fourth-order valence-corrected chi connectivity index (χ4v) is 2.79. The van der Waals surface area contributed by atoms with Gasteiger partial charge in [-0.2, -0.15) is 0 Å². The lowest BCUT2D eigenvalue weighted by Crippen LogP contribution is -1.99. The molecule has 0 N–H and O–H groups in total. The number of hydrogen-bond donors (Lipinski definition) is 0. The zero-order chi connectivity index (χ0) is 13.8. The molecule has 0 aliphatic rings. The molecule has 0 aromatic carbocycles. The van der Waals surface area contributed by atoms with E-state index in [9.17, 15) is 0 Å². The van der Waals surface area contributed by atoms with Crippen LogP contribution in [0.3, 0.4) is 0 Å². The maximum absolute atomic E-state index is 6.15. The van der Waals surface area contributed by atoms with E-state index in [1.165, 1.54) is 11.8 Å². The van der Waals surface area contributed by atoms with Gasteiger partial charge in [-0.15, -0.1) is 0 Å². The maximum atomic E-state index is 6.15. The molecule has 0 radical (unpaired) electrons. The Labute approximate surface area is 130 Å². The molecule has 0 spiro atoms. The normalized spacial score (nSPS) is 10.7. The molecule has 2 heterocycles. The van der Waals surface area contributed by atoms with Crippen molar-refractivity contribution in [3.05, 3.63) is 39.3 Å². The molecule has 0 unspecified atom stereocenters. The fraction of sp³-hybridized carbons (Fsp3) is 0.308. The van der Waals surface area contributed by atoms with Crippen molar-refractivity contribution < 1.29 is 0 Å². The van der Waals surface area contributed by atoms with Crippen LogP contribution in [0, 0.1) is 6.92 Å². The third kappa shape index (κ3) is 3.91. The second kappa shape index (κ2) is 6.68. The fourth-order valence-electron chi connectivity index (χ4n) is 1.47. The summed E-state index contributed by atoms with van der Waals surface area (Å²) in [7, 11) is 0. The Bertz CT molecular complexity index is 575. The number of pyridine rings is 1. The molecule has 2 aromatic rings. The van der Waals surface area contributed by atoms with E-state index in [4.69, 9.17) is 11.6 Å². The molecule has 0 bridgehead atoms. The third-order valence-corrected chi connectivity index (χ3v) is 4.34. The minimum absolute atomic E-state index is 0.526. The molecule has 2 aromatic heterocycles. The van der Waals surface area contributed by atoms with Crippen molar-refractivity contribution in [3.8, 4) is 0 Å². The van der Waals surface area contributed by atoms with Crippen molar-refractivity contribution in [3.63, 3.8) is 0 Å². The molecular weight excluding hydrogens is 346 g/mol. The highest BCUT2D eigenvalue weighted by Gasteiger charge is 2.11. The summed E-state index contributed by atoms with van der Waals surface area (Å²) in [6, 6.07) is 3.91. The average molecular weight is 359 g/mol. The number of nitrogens with zero attached hydrogens (tertiary/aromatic N) is 3. The zero-order valence-corrected chi connectivity index (χ0v) is 13.8. The van der Waals surface area contributed by atoms with Crippen LogP contribution in [0.2, 0.25) is 5.15 Å². The van der Waals surface area contributed by atoms with Crippen LogP contribution in [0.1, 0.15) is 24.7 Å². The molecule has 0 saturated carbocycles. The lowest BCUT2D eigenvalue weighted by atomic mass is 10.3. The van der Waals surface area contributed by atoms with Crippen molar-refractivity contribution in [2.45, 2.75) is 36.7 Å². The van der Waals surface area contributed by atoms with Gasteiger partial charge in [0.25, 0.3) is 0 Å². The Morgan fingerprint density at radius 1 is 1.32 bits per heavy atom. The summed E-state index contributed by atoms with van der Waals surface area (Å²) in [4.78, 5) is 13.2. The van der Waals surface area contributed by atoms with Crippen LogP contribution in [0.4, 0.5) is 0 Å². The molecule has 0 fully saturated rings. The first kappa shape index (κ1) is 14.8. The number of hydrogen-bond acceptors (Lipinski definition) is 4. The van der Waals surface area contributed by atoms with Crippen LogP contribution in [-0.4, -0.2) is 15.0 Å². The van der Waals surface area contributed by atoms with Crippen LogP contribution in [0.15, 0.2) is 32.9 Å². The second-order valence-electron chi connectivity index (χ2n) is 4.03. The van der Waals surface area contributed by atoms with Gasteiger partial charge in [-0.05, 0) is 53.2 Å². The van der Waals surface area contributed by atoms with Crippen molar-refractivity contribution in [1.29, 1.82) is 0 Å². The predicted octanol–water partition coefficient (Wildman–Crippen LogP) is 4.70. The van der Waals surface area contributed by atoms with Gasteiger partial charge < -0.3 is 0 Å². The van der Waals surface area contributed by atoms with Gasteiger partial charge in [-0.1, -0.05) is 18.5 Å². The van der Waals surface area contributed by atoms with E-state index in [1.54, 1.807) is 6.20 Å². The SMILES string of the molecule is CCCc1nc(Cl)c(C)c(Sc2ccc(Br)cn2)n1. The molecule has 19 heavy (non-hydrogen) atoms. The molecule has 100 valence electrons. The zero-order valence-electron chi connectivity index (χ0n) is 10.7. The van der Waals surface area contributed by atoms with Crippen LogP contribution in [0.25, 0.3) is 0 Å². The quantitative estimate of drug-likeness (QED) is 0.743. The summed E-state index contributed by atoms with van der Waals surface area (Å²) in [5, 5.41) is 2.29. The summed E-state index contributed by atoms with van der Waals surface area (Å²) in [5.74, 6) is 0.790. The van der Waals surface area contributed by atoms with E-state index in [0.29, 0.717) is 5.15 Å². The highest BCUT2D eigenvalue weighted by atomic mass is 79.9. The van der Waals surface area contributed by atoms with E-state index >= 15 is 0 Å². The van der Waals surface area contributed by atoms with Gasteiger partial charge in [-0.3, -0.25) is 0 Å². The smallest absolute Gasteiger partial charge is 0.136 e. The summed E-state index contributed by atoms with van der Waals surface area (Å²) in [6.45, 7) is 4.03. The predicted molar refractivity (Wildman–Crippen MR) is 81.8 cm³/mol. The van der Waals surface area contributed by atoms with E-state index in [1.807, 2.05) is 19.1 Å². The van der Waals surface area contributed by atoms with E-state index in [0.717, 1.165) is 38.8 Å². The van der Waals surface area contributed by atoms with E-state index < -0.39 is 0 Å². The minimum atomic E-state index is 0.526. The van der Waals surface area contributed by atoms with Gasteiger partial charge in [0.05, 0.1) is 0 Å². The molecule has 0 saturated heterocycles. The summed E-state index contributed by atoms with van der Waals surface area (Å²) < 4.78 is 0.959. The van der Waals surface area contributed by atoms with Crippen molar-refractivity contribution in [1.82, 2.24) is 15.0 Å². The van der Waals surface area contributed by atoms with Crippen molar-refractivity contribution in [2.24, 2.45) is 0 Å². The minimum Gasteiger partial charge on any atom is -0.248 e. The second-order valence-corrected chi connectivity index (χ2v) is 6.31. The number of aromatic nitrogens is 3. The number of rotatable bonds is 4. The van der Waals surface area contributed by atoms with Gasteiger partial charge in [0.1, 0.15) is 21.0 Å². The highest BCUT2D eigenvalue weighted by Crippen LogP contribution is 2.30. The Balaban J connectivity index is 2.30. The molecule has 3 nitrogen and oxygen atoms in total. The average Bonchev–Trinajstić information content (AvgIpc) is 2.38. The summed E-state index contributed by atoms with van der Waals surface area (Å²) >= 11 is 11.0. The molecule has 2 rings (SSSR count). The van der Waals surface area contributed by atoms with Crippen molar-refractivity contribution in [2.75, 3.05) is 0 Å². The van der Waals surface area contributed by atoms with Gasteiger partial charge in [-0.25, -0.2) is 15.0 Å². The summed E-state index contributed by atoms with van der Waals surface area (Å²) in [5.41, 5.74) is 0.899. The molecular formula is C13H13BrClN3S. The van der Waals surface area contributed by atoms with Gasteiger partial charge in [0, 0.05) is 22.7 Å². The van der Waals surface area contributed by atoms with Crippen LogP contribution in [0.5, 0.6) is 0 Å². The van der Waals surface area contributed by atoms with Gasteiger partial charge in [0.2, 0.25) is 0 Å². The summed E-state index contributed by atoms with van der Waals surface area (Å²) in [6.07, 6.45) is 3.61. The Morgan fingerprint density at radius 3 is 2.74 bits per heavy atom.